The molecule has 4 aliphatic carbocycles. The molecule has 0 unspecified atom stereocenters. The maximum absolute atomic E-state index is 12.0. The molecule has 0 aromatic heterocycles. The fourth-order valence-electron chi connectivity index (χ4n) is 7.80. The predicted molar refractivity (Wildman–Crippen MR) is 88.4 cm³/mol. The van der Waals surface area contributed by atoms with Gasteiger partial charge in [-0.3, -0.25) is 0 Å². The smallest absolute Gasteiger partial charge is 0.1000 e. The lowest BCUT2D eigenvalue weighted by Crippen LogP contribution is -2.68. The summed E-state index contributed by atoms with van der Waals surface area (Å²) in [6, 6.07) is 0. The minimum absolute atomic E-state index is 0.125. The van der Waals surface area contributed by atoms with E-state index in [-0.39, 0.29) is 21.7 Å². The molecule has 0 spiro atoms. The van der Waals surface area contributed by atoms with Crippen LogP contribution in [0.15, 0.2) is 0 Å². The molecule has 0 heterocycles. The van der Waals surface area contributed by atoms with E-state index >= 15 is 0 Å². The minimum Gasteiger partial charge on any atom is -0.386 e. The lowest BCUT2D eigenvalue weighted by molar-refractivity contribution is -0.263. The van der Waals surface area contributed by atoms with Gasteiger partial charge < -0.3 is 10.2 Å². The van der Waals surface area contributed by atoms with Crippen molar-refractivity contribution in [3.05, 3.63) is 0 Å². The number of aliphatic hydroxyl groups is 2. The van der Waals surface area contributed by atoms with Crippen molar-refractivity contribution in [2.45, 2.75) is 91.3 Å². The van der Waals surface area contributed by atoms with Crippen LogP contribution in [0, 0.1) is 33.5 Å². The lowest BCUT2D eigenvalue weighted by Gasteiger charge is -2.59. The van der Waals surface area contributed by atoms with Gasteiger partial charge in [0.25, 0.3) is 0 Å². The lowest BCUT2D eigenvalue weighted by atomic mass is 9.51. The standard InChI is InChI=1S/C20H34O2/c1-15(2)13-7-9-17(15,5)19(21,11-13)20(22)12-14-8-10-18(20,6)16(14,3)4/h13-14,21-22H,7-12H2,1-6H3/t13-,14-,17-,18-,19-,20-/m1/s1. The van der Waals surface area contributed by atoms with Crippen LogP contribution in [0.5, 0.6) is 0 Å². The molecule has 4 rings (SSSR count). The van der Waals surface area contributed by atoms with E-state index in [9.17, 15) is 10.2 Å². The van der Waals surface area contributed by atoms with Gasteiger partial charge in [0.15, 0.2) is 0 Å². The van der Waals surface area contributed by atoms with Gasteiger partial charge in [-0.15, -0.1) is 0 Å². The van der Waals surface area contributed by atoms with Crippen molar-refractivity contribution in [2.24, 2.45) is 33.5 Å². The summed E-state index contributed by atoms with van der Waals surface area (Å²) >= 11 is 0. The molecule has 0 amide bonds. The molecule has 6 atom stereocenters. The molecule has 2 nitrogen and oxygen atoms in total. The molecule has 0 radical (unpaired) electrons. The zero-order chi connectivity index (χ0) is 16.4. The molecule has 0 aliphatic heterocycles. The first-order valence-electron chi connectivity index (χ1n) is 9.32. The molecule has 0 saturated heterocycles. The maximum Gasteiger partial charge on any atom is 0.1000 e. The Morgan fingerprint density at radius 2 is 0.955 bits per heavy atom. The Bertz CT molecular complexity index is 490. The average Bonchev–Trinajstić information content (AvgIpc) is 2.89. The van der Waals surface area contributed by atoms with E-state index in [1.165, 1.54) is 12.8 Å². The van der Waals surface area contributed by atoms with Gasteiger partial charge in [0, 0.05) is 10.8 Å². The van der Waals surface area contributed by atoms with Crippen LogP contribution in [0.3, 0.4) is 0 Å². The van der Waals surface area contributed by atoms with Crippen LogP contribution in [0.1, 0.15) is 80.1 Å². The zero-order valence-corrected chi connectivity index (χ0v) is 15.3. The van der Waals surface area contributed by atoms with Crippen LogP contribution in [0.4, 0.5) is 0 Å². The fraction of sp³-hybridized carbons (Fsp3) is 1.00. The largest absolute Gasteiger partial charge is 0.386 e. The highest BCUT2D eigenvalue weighted by atomic mass is 16.4. The van der Waals surface area contributed by atoms with Crippen LogP contribution >= 0.6 is 0 Å². The van der Waals surface area contributed by atoms with E-state index in [0.29, 0.717) is 11.8 Å². The van der Waals surface area contributed by atoms with Gasteiger partial charge >= 0.3 is 0 Å². The second-order valence-electron chi connectivity index (χ2n) is 10.7. The number of rotatable bonds is 1. The third-order valence-corrected chi connectivity index (χ3v) is 10.5. The van der Waals surface area contributed by atoms with Crippen molar-refractivity contribution in [1.82, 2.24) is 0 Å². The van der Waals surface area contributed by atoms with Crippen LogP contribution in [-0.4, -0.2) is 21.4 Å². The molecule has 4 aliphatic rings. The van der Waals surface area contributed by atoms with Gasteiger partial charge in [-0.25, -0.2) is 0 Å². The Labute approximate surface area is 135 Å². The van der Waals surface area contributed by atoms with Crippen LogP contribution in [-0.2, 0) is 0 Å². The van der Waals surface area contributed by atoms with Crippen molar-refractivity contribution >= 4 is 0 Å². The van der Waals surface area contributed by atoms with Crippen LogP contribution in [0.25, 0.3) is 0 Å². The quantitative estimate of drug-likeness (QED) is 0.764. The van der Waals surface area contributed by atoms with Crippen molar-refractivity contribution < 1.29 is 10.2 Å². The minimum atomic E-state index is -0.923. The Morgan fingerprint density at radius 1 is 0.636 bits per heavy atom. The van der Waals surface area contributed by atoms with Gasteiger partial charge in [-0.1, -0.05) is 41.5 Å². The fourth-order valence-corrected chi connectivity index (χ4v) is 7.80. The van der Waals surface area contributed by atoms with E-state index in [1.54, 1.807) is 0 Å². The van der Waals surface area contributed by atoms with Gasteiger partial charge in [-0.2, -0.15) is 0 Å². The summed E-state index contributed by atoms with van der Waals surface area (Å²) in [5, 5.41) is 24.0. The van der Waals surface area contributed by atoms with Gasteiger partial charge in [0.05, 0.1) is 11.2 Å². The second-order valence-corrected chi connectivity index (χ2v) is 10.7. The summed E-state index contributed by atoms with van der Waals surface area (Å²) < 4.78 is 0. The molecule has 4 saturated carbocycles. The molecule has 0 aromatic rings. The zero-order valence-electron chi connectivity index (χ0n) is 15.3. The maximum atomic E-state index is 12.0. The summed E-state index contributed by atoms with van der Waals surface area (Å²) in [5.74, 6) is 1.11. The molecule has 2 heteroatoms. The Morgan fingerprint density at radius 3 is 1.14 bits per heavy atom. The Balaban J connectivity index is 1.87. The Kier molecular flexibility index (Phi) is 2.54. The third-order valence-electron chi connectivity index (χ3n) is 10.5. The first kappa shape index (κ1) is 15.4. The molecule has 126 valence electrons. The first-order valence-corrected chi connectivity index (χ1v) is 9.32. The van der Waals surface area contributed by atoms with Crippen LogP contribution < -0.4 is 0 Å². The molecule has 4 bridgehead atoms. The van der Waals surface area contributed by atoms with E-state index in [0.717, 1.165) is 25.7 Å². The number of fused-ring (bicyclic) bond motifs is 4. The Hall–Kier alpha value is -0.0800. The summed E-state index contributed by atoms with van der Waals surface area (Å²) in [6.45, 7) is 13.8. The van der Waals surface area contributed by atoms with E-state index in [4.69, 9.17) is 0 Å². The van der Waals surface area contributed by atoms with Crippen LogP contribution in [0.2, 0.25) is 0 Å². The van der Waals surface area contributed by atoms with E-state index in [1.807, 2.05) is 0 Å². The highest BCUT2D eigenvalue weighted by molar-refractivity contribution is 5.31. The molecule has 4 fully saturated rings. The van der Waals surface area contributed by atoms with E-state index < -0.39 is 11.2 Å². The van der Waals surface area contributed by atoms with Crippen molar-refractivity contribution in [2.75, 3.05) is 0 Å². The summed E-state index contributed by atoms with van der Waals surface area (Å²) in [7, 11) is 0. The summed E-state index contributed by atoms with van der Waals surface area (Å²) in [5.41, 5.74) is -1.92. The molecule has 0 aromatic carbocycles. The van der Waals surface area contributed by atoms with Crippen molar-refractivity contribution in [1.29, 1.82) is 0 Å². The van der Waals surface area contributed by atoms with Gasteiger partial charge in [0.1, 0.15) is 0 Å². The first-order chi connectivity index (χ1) is 9.87. The monoisotopic (exact) mass is 306 g/mol. The highest BCUT2D eigenvalue weighted by Gasteiger charge is 2.82. The third kappa shape index (κ3) is 1.14. The average molecular weight is 306 g/mol. The molecular formula is C20H34O2. The molecule has 2 N–H and O–H groups in total. The predicted octanol–water partition coefficient (Wildman–Crippen LogP) is 4.14. The normalized spacial score (nSPS) is 61.1. The molecular weight excluding hydrogens is 272 g/mol. The van der Waals surface area contributed by atoms with Gasteiger partial charge in [0.2, 0.25) is 0 Å². The second kappa shape index (κ2) is 3.61. The van der Waals surface area contributed by atoms with Crippen molar-refractivity contribution in [3.8, 4) is 0 Å². The highest BCUT2D eigenvalue weighted by Crippen LogP contribution is 2.79. The molecule has 22 heavy (non-hydrogen) atoms. The van der Waals surface area contributed by atoms with Gasteiger partial charge in [-0.05, 0) is 61.2 Å². The number of hydrogen-bond donors (Lipinski definition) is 2. The van der Waals surface area contributed by atoms with Crippen molar-refractivity contribution in [3.63, 3.8) is 0 Å². The van der Waals surface area contributed by atoms with E-state index in [2.05, 4.69) is 41.5 Å². The number of hydrogen-bond acceptors (Lipinski definition) is 2. The SMILES string of the molecule is CC1(C)[C@@H]2CC[C@@]1(C)[C@@](O)([C@@]1(O)C[C@H]3CC[C@]1(C)C3(C)C)C2. The summed E-state index contributed by atoms with van der Waals surface area (Å²) in [6.07, 6.45) is 6.14. The topological polar surface area (TPSA) is 40.5 Å². The summed E-state index contributed by atoms with van der Waals surface area (Å²) in [4.78, 5) is 0.